The second-order valence-electron chi connectivity index (χ2n) is 5.62. The van der Waals surface area contributed by atoms with Crippen molar-refractivity contribution in [2.24, 2.45) is 0 Å². The van der Waals surface area contributed by atoms with Crippen LogP contribution in [0, 0.1) is 0 Å². The van der Waals surface area contributed by atoms with Gasteiger partial charge in [-0.3, -0.25) is 9.59 Å². The van der Waals surface area contributed by atoms with Crippen molar-refractivity contribution < 1.29 is 19.4 Å². The van der Waals surface area contributed by atoms with Gasteiger partial charge in [0, 0.05) is 24.8 Å². The average Bonchev–Trinajstić information content (AvgIpc) is 2.67. The average molecular weight is 361 g/mol. The fraction of sp³-hybridized carbons (Fsp3) is 0.389. The topological polar surface area (TPSA) is 103 Å². The number of hydrogen-bond donors (Lipinski definition) is 2. The van der Waals surface area contributed by atoms with Crippen LogP contribution in [0.4, 0.5) is 0 Å². The zero-order valence-electron chi connectivity index (χ0n) is 15.1. The molecule has 0 aliphatic heterocycles. The highest BCUT2D eigenvalue weighted by Gasteiger charge is 2.20. The van der Waals surface area contributed by atoms with Crippen LogP contribution in [0.3, 0.4) is 0 Å². The molecule has 1 aromatic carbocycles. The molecule has 1 aromatic heterocycles. The molecule has 0 saturated carbocycles. The Morgan fingerprint density at radius 1 is 1.27 bits per heavy atom. The van der Waals surface area contributed by atoms with Crippen molar-refractivity contribution in [2.75, 3.05) is 27.4 Å². The SMILES string of the molecule is COc1ccc(-c2nn([C@H](C)C(=O)NCCCO)c(=O)cc2OC)cc1. The number of aliphatic hydroxyl groups is 1. The van der Waals surface area contributed by atoms with Gasteiger partial charge in [-0.05, 0) is 37.6 Å². The van der Waals surface area contributed by atoms with Crippen LogP contribution in [0.2, 0.25) is 0 Å². The van der Waals surface area contributed by atoms with Gasteiger partial charge in [-0.25, -0.2) is 4.68 Å². The normalized spacial score (nSPS) is 11.7. The molecule has 8 heteroatoms. The molecule has 1 amide bonds. The molecular weight excluding hydrogens is 338 g/mol. The largest absolute Gasteiger partial charge is 0.497 e. The number of nitrogens with zero attached hydrogens (tertiary/aromatic N) is 2. The Kier molecular flexibility index (Phi) is 6.74. The number of hydrogen-bond acceptors (Lipinski definition) is 6. The second kappa shape index (κ2) is 9.00. The predicted octanol–water partition coefficient (Wildman–Crippen LogP) is 0.987. The standard InChI is InChI=1S/C18H23N3O5/c1-12(18(24)19-9-4-10-22)21-16(23)11-15(26-3)17(20-21)13-5-7-14(25-2)8-6-13/h5-8,11-12,22H,4,9-10H2,1-3H3,(H,19,24)/t12-/m1/s1. The first-order chi connectivity index (χ1) is 12.5. The lowest BCUT2D eigenvalue weighted by atomic mass is 10.1. The summed E-state index contributed by atoms with van der Waals surface area (Å²) in [5.41, 5.74) is 0.734. The maximum atomic E-state index is 12.3. The molecule has 2 rings (SSSR count). The third-order valence-electron chi connectivity index (χ3n) is 3.89. The van der Waals surface area contributed by atoms with E-state index in [4.69, 9.17) is 14.6 Å². The van der Waals surface area contributed by atoms with E-state index in [2.05, 4.69) is 10.4 Å². The van der Waals surface area contributed by atoms with Gasteiger partial charge in [0.05, 0.1) is 14.2 Å². The Labute approximate surface area is 151 Å². The number of rotatable bonds is 8. The molecule has 0 aliphatic rings. The molecule has 0 aliphatic carbocycles. The number of aliphatic hydroxyl groups excluding tert-OH is 1. The van der Waals surface area contributed by atoms with Crippen LogP contribution in [0.15, 0.2) is 35.1 Å². The highest BCUT2D eigenvalue weighted by molar-refractivity contribution is 5.79. The first kappa shape index (κ1) is 19.5. The summed E-state index contributed by atoms with van der Waals surface area (Å²) >= 11 is 0. The van der Waals surface area contributed by atoms with Gasteiger partial charge in [0.2, 0.25) is 5.91 Å². The smallest absolute Gasteiger partial charge is 0.271 e. The van der Waals surface area contributed by atoms with Crippen LogP contribution in [-0.2, 0) is 4.79 Å². The Balaban J connectivity index is 2.38. The summed E-state index contributed by atoms with van der Waals surface area (Å²) < 4.78 is 11.5. The number of benzene rings is 1. The van der Waals surface area contributed by atoms with Crippen molar-refractivity contribution >= 4 is 5.91 Å². The van der Waals surface area contributed by atoms with Gasteiger partial charge in [-0.15, -0.1) is 0 Å². The van der Waals surface area contributed by atoms with Crippen LogP contribution in [0.5, 0.6) is 11.5 Å². The van der Waals surface area contributed by atoms with E-state index in [1.165, 1.54) is 13.2 Å². The maximum absolute atomic E-state index is 12.3. The quantitative estimate of drug-likeness (QED) is 0.680. The number of carbonyl (C=O) groups excluding carboxylic acids is 1. The lowest BCUT2D eigenvalue weighted by Crippen LogP contribution is -2.37. The molecule has 1 heterocycles. The summed E-state index contributed by atoms with van der Waals surface area (Å²) in [5, 5.41) is 15.8. The summed E-state index contributed by atoms with van der Waals surface area (Å²) in [6.45, 7) is 1.90. The minimum absolute atomic E-state index is 0.0169. The lowest BCUT2D eigenvalue weighted by molar-refractivity contribution is -0.124. The summed E-state index contributed by atoms with van der Waals surface area (Å²) in [6, 6.07) is 7.65. The minimum Gasteiger partial charge on any atom is -0.497 e. The Bertz CT molecular complexity index is 801. The summed E-state index contributed by atoms with van der Waals surface area (Å²) in [7, 11) is 3.03. The molecule has 0 bridgehead atoms. The number of aromatic nitrogens is 2. The molecule has 0 radical (unpaired) electrons. The molecule has 0 saturated heterocycles. The monoisotopic (exact) mass is 361 g/mol. The Hall–Kier alpha value is -2.87. The van der Waals surface area contributed by atoms with Gasteiger partial charge >= 0.3 is 0 Å². The molecule has 0 spiro atoms. The fourth-order valence-corrected chi connectivity index (χ4v) is 2.38. The predicted molar refractivity (Wildman–Crippen MR) is 96.5 cm³/mol. The van der Waals surface area contributed by atoms with Gasteiger partial charge < -0.3 is 19.9 Å². The molecule has 0 fully saturated rings. The minimum atomic E-state index is -0.802. The third kappa shape index (κ3) is 4.40. The van der Waals surface area contributed by atoms with E-state index in [0.717, 1.165) is 10.2 Å². The fourth-order valence-electron chi connectivity index (χ4n) is 2.38. The maximum Gasteiger partial charge on any atom is 0.271 e. The van der Waals surface area contributed by atoms with Gasteiger partial charge in [0.25, 0.3) is 5.56 Å². The van der Waals surface area contributed by atoms with E-state index in [0.29, 0.717) is 30.2 Å². The second-order valence-corrected chi connectivity index (χ2v) is 5.62. The van der Waals surface area contributed by atoms with Crippen molar-refractivity contribution in [3.8, 4) is 22.8 Å². The van der Waals surface area contributed by atoms with Crippen LogP contribution in [0.25, 0.3) is 11.3 Å². The molecule has 2 N–H and O–H groups in total. The van der Waals surface area contributed by atoms with Crippen LogP contribution in [0.1, 0.15) is 19.4 Å². The summed E-state index contributed by atoms with van der Waals surface area (Å²) in [4.78, 5) is 24.6. The number of nitrogens with one attached hydrogen (secondary N) is 1. The van der Waals surface area contributed by atoms with Crippen molar-refractivity contribution in [3.63, 3.8) is 0 Å². The third-order valence-corrected chi connectivity index (χ3v) is 3.89. The number of carbonyl (C=O) groups is 1. The first-order valence-electron chi connectivity index (χ1n) is 8.22. The lowest BCUT2D eigenvalue weighted by Gasteiger charge is -2.16. The first-order valence-corrected chi connectivity index (χ1v) is 8.22. The number of ether oxygens (including phenoxy) is 2. The highest BCUT2D eigenvalue weighted by atomic mass is 16.5. The van der Waals surface area contributed by atoms with Crippen molar-refractivity contribution in [1.29, 1.82) is 0 Å². The van der Waals surface area contributed by atoms with Gasteiger partial charge in [0.15, 0.2) is 5.75 Å². The van der Waals surface area contributed by atoms with Crippen LogP contribution >= 0.6 is 0 Å². The van der Waals surface area contributed by atoms with E-state index in [9.17, 15) is 9.59 Å². The molecule has 26 heavy (non-hydrogen) atoms. The zero-order valence-corrected chi connectivity index (χ0v) is 15.1. The highest BCUT2D eigenvalue weighted by Crippen LogP contribution is 2.28. The van der Waals surface area contributed by atoms with E-state index >= 15 is 0 Å². The molecule has 8 nitrogen and oxygen atoms in total. The molecular formula is C18H23N3O5. The molecule has 0 unspecified atom stereocenters. The zero-order chi connectivity index (χ0) is 19.1. The molecule has 2 aromatic rings. The van der Waals surface area contributed by atoms with Crippen molar-refractivity contribution in [2.45, 2.75) is 19.4 Å². The van der Waals surface area contributed by atoms with Crippen molar-refractivity contribution in [3.05, 3.63) is 40.7 Å². The van der Waals surface area contributed by atoms with E-state index in [1.54, 1.807) is 38.3 Å². The van der Waals surface area contributed by atoms with Gasteiger partial charge in [0.1, 0.15) is 17.5 Å². The molecule has 140 valence electrons. The van der Waals surface area contributed by atoms with Crippen LogP contribution < -0.4 is 20.3 Å². The van der Waals surface area contributed by atoms with E-state index in [-0.39, 0.29) is 12.5 Å². The van der Waals surface area contributed by atoms with Crippen molar-refractivity contribution in [1.82, 2.24) is 15.1 Å². The Morgan fingerprint density at radius 3 is 2.54 bits per heavy atom. The summed E-state index contributed by atoms with van der Waals surface area (Å²) in [6.07, 6.45) is 0.445. The number of amides is 1. The van der Waals surface area contributed by atoms with E-state index < -0.39 is 11.6 Å². The van der Waals surface area contributed by atoms with Gasteiger partial charge in [-0.2, -0.15) is 5.10 Å². The molecule has 1 atom stereocenters. The summed E-state index contributed by atoms with van der Waals surface area (Å²) in [5.74, 6) is 0.667. The number of methoxy groups -OCH3 is 2. The Morgan fingerprint density at radius 2 is 1.96 bits per heavy atom. The van der Waals surface area contributed by atoms with E-state index in [1.807, 2.05) is 0 Å². The van der Waals surface area contributed by atoms with Crippen LogP contribution in [-0.4, -0.2) is 48.2 Å². The van der Waals surface area contributed by atoms with Gasteiger partial charge in [-0.1, -0.05) is 0 Å².